The van der Waals surface area contributed by atoms with Crippen LogP contribution in [-0.4, -0.2) is 19.1 Å². The van der Waals surface area contributed by atoms with Crippen molar-refractivity contribution in [3.05, 3.63) is 51.1 Å². The Morgan fingerprint density at radius 1 is 1.24 bits per heavy atom. The smallest absolute Gasteiger partial charge is 0.266 e. The molecule has 1 aliphatic rings. The van der Waals surface area contributed by atoms with Crippen LogP contribution in [0, 0.1) is 12.7 Å². The Labute approximate surface area is 155 Å². The number of thiophene rings is 1. The maximum absolute atomic E-state index is 14.0. The Bertz CT molecular complexity index is 1000. The van der Waals surface area contributed by atoms with Gasteiger partial charge < -0.3 is 14.8 Å². The maximum atomic E-state index is 14.0. The van der Waals surface area contributed by atoms with Crippen molar-refractivity contribution in [3.63, 3.8) is 0 Å². The van der Waals surface area contributed by atoms with E-state index in [1.807, 2.05) is 6.07 Å². The highest BCUT2D eigenvalue weighted by Gasteiger charge is 2.20. The van der Waals surface area contributed by atoms with Gasteiger partial charge >= 0.3 is 0 Å². The van der Waals surface area contributed by atoms with E-state index in [9.17, 15) is 9.18 Å². The maximum Gasteiger partial charge on any atom is 0.266 e. The van der Waals surface area contributed by atoms with Gasteiger partial charge in [-0.3, -0.25) is 4.79 Å². The fourth-order valence-electron chi connectivity index (χ4n) is 2.81. The second kappa shape index (κ2) is 6.31. The first-order valence-corrected chi connectivity index (χ1v) is 9.23. The van der Waals surface area contributed by atoms with Crippen LogP contribution < -0.4 is 14.8 Å². The lowest BCUT2D eigenvalue weighted by Gasteiger charge is -2.20. The predicted molar refractivity (Wildman–Crippen MR) is 99.6 cm³/mol. The minimum absolute atomic E-state index is 0.282. The first-order valence-electron chi connectivity index (χ1n) is 7.62. The highest BCUT2D eigenvalue weighted by atomic mass is 79.9. The number of benzene rings is 2. The number of rotatable bonds is 2. The lowest BCUT2D eigenvalue weighted by molar-refractivity contribution is 0.103. The van der Waals surface area contributed by atoms with Crippen LogP contribution in [0.15, 0.2) is 34.8 Å². The van der Waals surface area contributed by atoms with E-state index in [0.29, 0.717) is 50.7 Å². The molecule has 1 amide bonds. The molecule has 3 aromatic rings. The van der Waals surface area contributed by atoms with E-state index in [2.05, 4.69) is 21.2 Å². The summed E-state index contributed by atoms with van der Waals surface area (Å²) >= 11 is 4.71. The lowest BCUT2D eigenvalue weighted by Crippen LogP contribution is -2.16. The average molecular weight is 422 g/mol. The van der Waals surface area contributed by atoms with Gasteiger partial charge in [-0.15, -0.1) is 11.3 Å². The number of nitrogens with one attached hydrogen (secondary N) is 1. The molecule has 2 aromatic carbocycles. The van der Waals surface area contributed by atoms with Gasteiger partial charge in [0.2, 0.25) is 0 Å². The summed E-state index contributed by atoms with van der Waals surface area (Å²) in [5.41, 5.74) is 1.22. The van der Waals surface area contributed by atoms with Crippen LogP contribution in [0.1, 0.15) is 15.2 Å². The number of hydrogen-bond donors (Lipinski definition) is 1. The van der Waals surface area contributed by atoms with E-state index in [-0.39, 0.29) is 11.7 Å². The van der Waals surface area contributed by atoms with E-state index < -0.39 is 0 Å². The highest BCUT2D eigenvalue weighted by molar-refractivity contribution is 9.10. The molecule has 0 saturated heterocycles. The molecule has 0 unspecified atom stereocenters. The number of carbonyl (C=O) groups excluding carboxylic acids is 1. The third-order valence-corrected chi connectivity index (χ3v) is 5.90. The van der Waals surface area contributed by atoms with Crippen molar-refractivity contribution in [2.24, 2.45) is 0 Å². The molecule has 0 saturated carbocycles. The monoisotopic (exact) mass is 421 g/mol. The minimum atomic E-state index is -0.314. The summed E-state index contributed by atoms with van der Waals surface area (Å²) < 4.78 is 26.5. The Balaban J connectivity index is 1.69. The molecule has 1 aromatic heterocycles. The van der Waals surface area contributed by atoms with Gasteiger partial charge in [0.1, 0.15) is 19.0 Å². The Morgan fingerprint density at radius 2 is 1.96 bits per heavy atom. The summed E-state index contributed by atoms with van der Waals surface area (Å²) in [6.45, 7) is 2.73. The largest absolute Gasteiger partial charge is 0.486 e. The number of aryl methyl sites for hydroxylation is 1. The van der Waals surface area contributed by atoms with Crippen LogP contribution >= 0.6 is 27.3 Å². The molecule has 0 atom stereocenters. The number of ether oxygens (including phenoxy) is 2. The summed E-state index contributed by atoms with van der Waals surface area (Å²) in [4.78, 5) is 13.2. The van der Waals surface area contributed by atoms with Gasteiger partial charge in [-0.05, 0) is 40.5 Å². The van der Waals surface area contributed by atoms with Gasteiger partial charge in [0.05, 0.1) is 10.6 Å². The van der Waals surface area contributed by atoms with Crippen molar-refractivity contribution in [2.45, 2.75) is 6.92 Å². The zero-order chi connectivity index (χ0) is 17.6. The molecular weight excluding hydrogens is 409 g/mol. The van der Waals surface area contributed by atoms with Crippen molar-refractivity contribution < 1.29 is 18.7 Å². The van der Waals surface area contributed by atoms with Gasteiger partial charge in [0, 0.05) is 26.7 Å². The van der Waals surface area contributed by atoms with Crippen molar-refractivity contribution in [2.75, 3.05) is 18.5 Å². The van der Waals surface area contributed by atoms with Gasteiger partial charge in [0.15, 0.2) is 11.5 Å². The topological polar surface area (TPSA) is 47.6 Å². The fourth-order valence-corrected chi connectivity index (χ4v) is 4.35. The number of halogens is 2. The van der Waals surface area contributed by atoms with Crippen LogP contribution in [0.2, 0.25) is 0 Å². The fraction of sp³-hybridized carbons (Fsp3) is 0.167. The number of carbonyl (C=O) groups is 1. The molecule has 4 nitrogen and oxygen atoms in total. The second-order valence-electron chi connectivity index (χ2n) is 5.60. The van der Waals surface area contributed by atoms with E-state index >= 15 is 0 Å². The number of fused-ring (bicyclic) bond motifs is 2. The summed E-state index contributed by atoms with van der Waals surface area (Å²) in [6, 6.07) is 8.35. The Kier molecular flexibility index (Phi) is 4.13. The Hall–Kier alpha value is -2.12. The van der Waals surface area contributed by atoms with Gasteiger partial charge in [0.25, 0.3) is 5.91 Å². The summed E-state index contributed by atoms with van der Waals surface area (Å²) in [7, 11) is 0. The predicted octanol–water partition coefficient (Wildman–Crippen LogP) is 5.13. The zero-order valence-electron chi connectivity index (χ0n) is 13.2. The molecule has 0 fully saturated rings. The standard InChI is InChI=1S/C18H13BrFNO3S/c1-9-16-11(20)3-2-4-15(16)25-17(9)18(22)21-12-8-14-13(7-10(12)19)23-5-6-24-14/h2-4,7-8H,5-6H2,1H3,(H,21,22). The second-order valence-corrected chi connectivity index (χ2v) is 7.51. The SMILES string of the molecule is Cc1c(C(=O)Nc2cc3c(cc2Br)OCCO3)sc2cccc(F)c12. The summed E-state index contributed by atoms with van der Waals surface area (Å²) in [5, 5.41) is 3.36. The van der Waals surface area contributed by atoms with Crippen molar-refractivity contribution in [1.29, 1.82) is 0 Å². The third-order valence-electron chi connectivity index (χ3n) is 3.99. The van der Waals surface area contributed by atoms with Crippen molar-refractivity contribution in [1.82, 2.24) is 0 Å². The third kappa shape index (κ3) is 2.87. The molecule has 1 aliphatic heterocycles. The number of hydrogen-bond acceptors (Lipinski definition) is 4. The quantitative estimate of drug-likeness (QED) is 0.623. The first-order chi connectivity index (χ1) is 12.0. The minimum Gasteiger partial charge on any atom is -0.486 e. The molecule has 1 N–H and O–H groups in total. The van der Waals surface area contributed by atoms with E-state index in [0.717, 1.165) is 4.70 Å². The normalized spacial score (nSPS) is 13.1. The van der Waals surface area contributed by atoms with Crippen molar-refractivity contribution in [3.8, 4) is 11.5 Å². The average Bonchev–Trinajstić information content (AvgIpc) is 2.94. The zero-order valence-corrected chi connectivity index (χ0v) is 15.6. The van der Waals surface area contributed by atoms with Gasteiger partial charge in [-0.25, -0.2) is 4.39 Å². The van der Waals surface area contributed by atoms with Crippen LogP contribution in [-0.2, 0) is 0 Å². The summed E-state index contributed by atoms with van der Waals surface area (Å²) in [5.74, 6) is 0.626. The molecule has 2 heterocycles. The Morgan fingerprint density at radius 3 is 2.68 bits per heavy atom. The molecule has 128 valence electrons. The van der Waals surface area contributed by atoms with E-state index in [1.165, 1.54) is 17.4 Å². The van der Waals surface area contributed by atoms with Crippen LogP contribution in [0.25, 0.3) is 10.1 Å². The highest BCUT2D eigenvalue weighted by Crippen LogP contribution is 2.39. The summed E-state index contributed by atoms with van der Waals surface area (Å²) in [6.07, 6.45) is 0. The molecule has 0 radical (unpaired) electrons. The molecule has 25 heavy (non-hydrogen) atoms. The van der Waals surface area contributed by atoms with E-state index in [4.69, 9.17) is 9.47 Å². The first kappa shape index (κ1) is 16.4. The molecule has 0 aliphatic carbocycles. The molecule has 7 heteroatoms. The lowest BCUT2D eigenvalue weighted by atomic mass is 10.1. The van der Waals surface area contributed by atoms with Gasteiger partial charge in [-0.1, -0.05) is 6.07 Å². The van der Waals surface area contributed by atoms with Crippen LogP contribution in [0.5, 0.6) is 11.5 Å². The van der Waals surface area contributed by atoms with Crippen LogP contribution in [0.3, 0.4) is 0 Å². The molecule has 0 bridgehead atoms. The van der Waals surface area contributed by atoms with Crippen molar-refractivity contribution >= 4 is 48.9 Å². The number of anilines is 1. The number of amides is 1. The molecule has 4 rings (SSSR count). The molecule has 0 spiro atoms. The molecular formula is C18H13BrFNO3S. The van der Waals surface area contributed by atoms with Crippen LogP contribution in [0.4, 0.5) is 10.1 Å². The van der Waals surface area contributed by atoms with Gasteiger partial charge in [-0.2, -0.15) is 0 Å². The van der Waals surface area contributed by atoms with E-state index in [1.54, 1.807) is 25.1 Å².